The summed E-state index contributed by atoms with van der Waals surface area (Å²) >= 11 is 1.25. The monoisotopic (exact) mass is 402 g/mol. The second-order valence-corrected chi connectivity index (χ2v) is 10.2. The van der Waals surface area contributed by atoms with Crippen molar-refractivity contribution in [2.45, 2.75) is 41.6 Å². The molecule has 2 aliphatic heterocycles. The first-order valence-corrected chi connectivity index (χ1v) is 11.1. The zero-order chi connectivity index (χ0) is 18.8. The molecule has 3 rings (SSSR count). The van der Waals surface area contributed by atoms with Crippen LogP contribution in [-0.4, -0.2) is 75.6 Å². The van der Waals surface area contributed by atoms with Crippen molar-refractivity contribution in [3.63, 3.8) is 0 Å². The topological polar surface area (TPSA) is 76.2 Å². The molecule has 0 aliphatic carbocycles. The summed E-state index contributed by atoms with van der Waals surface area (Å²) in [6, 6.07) is 3.40. The van der Waals surface area contributed by atoms with Crippen molar-refractivity contribution in [1.29, 1.82) is 0 Å². The van der Waals surface area contributed by atoms with Gasteiger partial charge >= 0.3 is 0 Å². The molecule has 1 amide bonds. The molecule has 3 heterocycles. The van der Waals surface area contributed by atoms with Crippen LogP contribution in [0.3, 0.4) is 0 Å². The summed E-state index contributed by atoms with van der Waals surface area (Å²) < 4.78 is 39.1. The minimum absolute atomic E-state index is 0.0203. The van der Waals surface area contributed by atoms with Gasteiger partial charge in [0.1, 0.15) is 10.8 Å². The van der Waals surface area contributed by atoms with E-state index in [2.05, 4.69) is 0 Å². The van der Waals surface area contributed by atoms with E-state index < -0.39 is 10.0 Å². The van der Waals surface area contributed by atoms with Gasteiger partial charge in [-0.25, -0.2) is 8.42 Å². The summed E-state index contributed by atoms with van der Waals surface area (Å²) in [6.45, 7) is 1.55. The van der Waals surface area contributed by atoms with E-state index in [0.717, 1.165) is 6.42 Å². The number of nitrogens with zero attached hydrogens (tertiary/aromatic N) is 2. The average Bonchev–Trinajstić information content (AvgIpc) is 3.15. The molecule has 9 heteroatoms. The third-order valence-corrected chi connectivity index (χ3v) is 8.38. The summed E-state index contributed by atoms with van der Waals surface area (Å²) in [5.74, 6) is -0.0533. The Bertz CT molecular complexity index is 710. The molecule has 2 fully saturated rings. The van der Waals surface area contributed by atoms with E-state index >= 15 is 0 Å². The number of hydrogen-bond donors (Lipinski definition) is 0. The largest absolute Gasteiger partial charge is 0.375 e. The van der Waals surface area contributed by atoms with Crippen LogP contribution in [0.2, 0.25) is 0 Å². The number of sulfonamides is 1. The van der Waals surface area contributed by atoms with E-state index in [-0.39, 0.29) is 24.2 Å². The number of carbonyl (C=O) groups is 1. The van der Waals surface area contributed by atoms with E-state index in [1.54, 1.807) is 35.9 Å². The van der Waals surface area contributed by atoms with Crippen molar-refractivity contribution in [2.75, 3.05) is 40.4 Å². The predicted octanol–water partition coefficient (Wildman–Crippen LogP) is 1.56. The first-order valence-electron chi connectivity index (χ1n) is 8.82. The van der Waals surface area contributed by atoms with E-state index in [4.69, 9.17) is 9.47 Å². The van der Waals surface area contributed by atoms with Crippen LogP contribution in [0.5, 0.6) is 0 Å². The van der Waals surface area contributed by atoms with Gasteiger partial charge in [0.15, 0.2) is 0 Å². The zero-order valence-electron chi connectivity index (χ0n) is 15.2. The lowest BCUT2D eigenvalue weighted by atomic mass is 9.84. The number of hydrogen-bond acceptors (Lipinski definition) is 6. The molecule has 0 N–H and O–H groups in total. The van der Waals surface area contributed by atoms with Crippen molar-refractivity contribution in [1.82, 2.24) is 9.21 Å². The molecular formula is C17H26N2O5S2. The Morgan fingerprint density at radius 1 is 1.42 bits per heavy atom. The Kier molecular flexibility index (Phi) is 6.03. The van der Waals surface area contributed by atoms with Crippen LogP contribution < -0.4 is 0 Å². The average molecular weight is 403 g/mol. The number of piperidine rings is 1. The second kappa shape index (κ2) is 7.93. The van der Waals surface area contributed by atoms with Crippen molar-refractivity contribution >= 4 is 27.3 Å². The van der Waals surface area contributed by atoms with Gasteiger partial charge < -0.3 is 14.4 Å². The van der Waals surface area contributed by atoms with Crippen LogP contribution in [0, 0.1) is 0 Å². The van der Waals surface area contributed by atoms with Crippen LogP contribution in [0.15, 0.2) is 21.7 Å². The fourth-order valence-electron chi connectivity index (χ4n) is 3.46. The minimum atomic E-state index is -3.40. The number of likely N-dealkylation sites (N-methyl/N-ethyl adjacent to an activating group) is 1. The van der Waals surface area contributed by atoms with Gasteiger partial charge in [0.05, 0.1) is 11.7 Å². The van der Waals surface area contributed by atoms with Crippen LogP contribution >= 0.6 is 11.3 Å². The number of rotatable bonds is 5. The van der Waals surface area contributed by atoms with E-state index in [1.807, 2.05) is 0 Å². The van der Waals surface area contributed by atoms with Gasteiger partial charge in [-0.1, -0.05) is 6.07 Å². The number of thiophene rings is 1. The lowest BCUT2D eigenvalue weighted by molar-refractivity contribution is -0.159. The van der Waals surface area contributed by atoms with E-state index in [0.29, 0.717) is 43.2 Å². The molecule has 1 atom stereocenters. The molecule has 0 bridgehead atoms. The molecule has 1 aromatic heterocycles. The first-order chi connectivity index (χ1) is 12.3. The molecule has 2 aliphatic rings. The Morgan fingerprint density at radius 3 is 2.77 bits per heavy atom. The Hall–Kier alpha value is -1.00. The number of ether oxygens (including phenoxy) is 2. The van der Waals surface area contributed by atoms with Gasteiger partial charge in [-0.05, 0) is 30.7 Å². The van der Waals surface area contributed by atoms with Crippen LogP contribution in [0.25, 0.3) is 0 Å². The van der Waals surface area contributed by atoms with Gasteiger partial charge in [0, 0.05) is 40.2 Å². The molecule has 1 aromatic rings. The summed E-state index contributed by atoms with van der Waals surface area (Å²) in [5, 5.41) is 1.78. The Morgan fingerprint density at radius 2 is 2.15 bits per heavy atom. The van der Waals surface area contributed by atoms with Crippen LogP contribution in [-0.2, 0) is 24.3 Å². The summed E-state index contributed by atoms with van der Waals surface area (Å²) in [4.78, 5) is 13.2. The third-order valence-electron chi connectivity index (χ3n) is 5.11. The highest BCUT2D eigenvalue weighted by atomic mass is 32.2. The van der Waals surface area contributed by atoms with Gasteiger partial charge in [0.25, 0.3) is 10.0 Å². The molecule has 7 nitrogen and oxygen atoms in total. The maximum Gasteiger partial charge on any atom is 0.252 e. The smallest absolute Gasteiger partial charge is 0.252 e. The zero-order valence-corrected chi connectivity index (χ0v) is 16.9. The van der Waals surface area contributed by atoms with Gasteiger partial charge in [-0.15, -0.1) is 11.3 Å². The predicted molar refractivity (Wildman–Crippen MR) is 98.7 cm³/mol. The quantitative estimate of drug-likeness (QED) is 0.747. The lowest BCUT2D eigenvalue weighted by Gasteiger charge is -2.45. The highest BCUT2D eigenvalue weighted by Gasteiger charge is 2.43. The molecule has 0 saturated carbocycles. The minimum Gasteiger partial charge on any atom is -0.375 e. The first kappa shape index (κ1) is 19.8. The molecule has 2 saturated heterocycles. The highest BCUT2D eigenvalue weighted by Crippen LogP contribution is 2.37. The molecular weight excluding hydrogens is 376 g/mol. The number of amides is 1. The van der Waals surface area contributed by atoms with Crippen molar-refractivity contribution < 1.29 is 22.7 Å². The Labute approximate surface area is 158 Å². The maximum absolute atomic E-state index is 12.7. The molecule has 0 aromatic carbocycles. The summed E-state index contributed by atoms with van der Waals surface area (Å²) in [6.07, 6.45) is 2.76. The standard InChI is InChI=1S/C17H26N2O5S2/c1-18(2)15(20)13-23-14-5-10-24-17(12-14)6-8-19(9-7-17)26(21,22)16-4-3-11-25-16/h3-4,11,14H,5-10,12-13H2,1-2H3. The number of carbonyl (C=O) groups excluding carboxylic acids is 1. The van der Waals surface area contributed by atoms with Gasteiger partial charge in [0.2, 0.25) is 5.91 Å². The van der Waals surface area contributed by atoms with Crippen molar-refractivity contribution in [3.8, 4) is 0 Å². The van der Waals surface area contributed by atoms with Crippen molar-refractivity contribution in [2.24, 2.45) is 0 Å². The Balaban J connectivity index is 1.57. The molecule has 1 spiro atoms. The second-order valence-electron chi connectivity index (χ2n) is 7.08. The van der Waals surface area contributed by atoms with E-state index in [9.17, 15) is 13.2 Å². The highest BCUT2D eigenvalue weighted by molar-refractivity contribution is 7.91. The summed E-state index contributed by atoms with van der Waals surface area (Å²) in [5.41, 5.74) is -0.342. The molecule has 26 heavy (non-hydrogen) atoms. The lowest BCUT2D eigenvalue weighted by Crippen LogP contribution is -2.52. The fraction of sp³-hybridized carbons (Fsp3) is 0.706. The van der Waals surface area contributed by atoms with E-state index in [1.165, 1.54) is 16.2 Å². The maximum atomic E-state index is 12.7. The van der Waals surface area contributed by atoms with Gasteiger partial charge in [-0.3, -0.25) is 4.79 Å². The normalized spacial score (nSPS) is 23.8. The molecule has 0 radical (unpaired) electrons. The van der Waals surface area contributed by atoms with Crippen molar-refractivity contribution in [3.05, 3.63) is 17.5 Å². The van der Waals surface area contributed by atoms with Crippen LogP contribution in [0.1, 0.15) is 25.7 Å². The fourth-order valence-corrected chi connectivity index (χ4v) is 6.05. The molecule has 1 unspecified atom stereocenters. The van der Waals surface area contributed by atoms with Crippen LogP contribution in [0.4, 0.5) is 0 Å². The summed E-state index contributed by atoms with van der Waals surface area (Å²) in [7, 11) is 0.0148. The third kappa shape index (κ3) is 4.28. The van der Waals surface area contributed by atoms with Gasteiger partial charge in [-0.2, -0.15) is 4.31 Å². The SMILES string of the molecule is CN(C)C(=O)COC1CCOC2(CCN(S(=O)(=O)c3cccs3)CC2)C1. The molecule has 146 valence electrons.